The van der Waals surface area contributed by atoms with E-state index in [4.69, 9.17) is 4.74 Å². The molecule has 0 bridgehead atoms. The second-order valence-electron chi connectivity index (χ2n) is 5.04. The molecule has 0 amide bonds. The van der Waals surface area contributed by atoms with Crippen molar-refractivity contribution in [2.75, 3.05) is 7.11 Å². The highest BCUT2D eigenvalue weighted by Crippen LogP contribution is 2.34. The van der Waals surface area contributed by atoms with Gasteiger partial charge < -0.3 is 9.84 Å². The molecule has 0 spiro atoms. The van der Waals surface area contributed by atoms with Crippen molar-refractivity contribution in [2.24, 2.45) is 0 Å². The molecular formula is C17H18O2. The van der Waals surface area contributed by atoms with Crippen molar-refractivity contribution in [2.45, 2.75) is 25.0 Å². The molecule has 0 aromatic heterocycles. The third-order valence-electron chi connectivity index (χ3n) is 3.87. The van der Waals surface area contributed by atoms with E-state index in [0.717, 1.165) is 18.4 Å². The molecule has 2 unspecified atom stereocenters. The molecule has 3 rings (SSSR count). The number of hydrogen-bond acceptors (Lipinski definition) is 2. The second kappa shape index (κ2) is 5.16. The molecule has 0 saturated heterocycles. The molecule has 0 aliphatic heterocycles. The molecule has 0 fully saturated rings. The van der Waals surface area contributed by atoms with Crippen LogP contribution in [0.25, 0.3) is 11.1 Å². The number of fused-ring (bicyclic) bond motifs is 1. The minimum Gasteiger partial charge on any atom is -0.390 e. The molecule has 98 valence electrons. The molecule has 2 heteroatoms. The van der Waals surface area contributed by atoms with Crippen LogP contribution in [0.15, 0.2) is 48.5 Å². The van der Waals surface area contributed by atoms with E-state index in [1.54, 1.807) is 7.11 Å². The predicted octanol–water partition coefficient (Wildman–Crippen LogP) is 3.35. The fourth-order valence-electron chi connectivity index (χ4n) is 2.86. The Hall–Kier alpha value is -1.64. The van der Waals surface area contributed by atoms with Gasteiger partial charge in [0.05, 0.1) is 6.10 Å². The number of benzene rings is 2. The molecule has 2 nitrogen and oxygen atoms in total. The fourth-order valence-corrected chi connectivity index (χ4v) is 2.86. The maximum Gasteiger partial charge on any atom is 0.108 e. The first-order valence-electron chi connectivity index (χ1n) is 6.68. The van der Waals surface area contributed by atoms with Gasteiger partial charge in [-0.05, 0) is 35.1 Å². The smallest absolute Gasteiger partial charge is 0.108 e. The third kappa shape index (κ3) is 2.29. The maximum absolute atomic E-state index is 9.98. The molecule has 2 atom stereocenters. The highest BCUT2D eigenvalue weighted by molar-refractivity contribution is 5.65. The van der Waals surface area contributed by atoms with E-state index in [1.807, 2.05) is 6.07 Å². The van der Waals surface area contributed by atoms with Crippen molar-refractivity contribution in [3.8, 4) is 11.1 Å². The zero-order valence-electron chi connectivity index (χ0n) is 11.0. The van der Waals surface area contributed by atoms with Gasteiger partial charge in [-0.2, -0.15) is 0 Å². The van der Waals surface area contributed by atoms with E-state index in [0.29, 0.717) is 0 Å². The summed E-state index contributed by atoms with van der Waals surface area (Å²) in [4.78, 5) is 0. The van der Waals surface area contributed by atoms with Crippen LogP contribution in [0.1, 0.15) is 23.7 Å². The summed E-state index contributed by atoms with van der Waals surface area (Å²) < 4.78 is 5.43. The van der Waals surface area contributed by atoms with Gasteiger partial charge in [0.25, 0.3) is 0 Å². The maximum atomic E-state index is 9.98. The lowest BCUT2D eigenvalue weighted by Gasteiger charge is -2.29. The minimum absolute atomic E-state index is 0.187. The fraction of sp³-hybridized carbons (Fsp3) is 0.294. The van der Waals surface area contributed by atoms with Crippen LogP contribution in [0.4, 0.5) is 0 Å². The number of methoxy groups -OCH3 is 1. The van der Waals surface area contributed by atoms with Crippen LogP contribution in [0.3, 0.4) is 0 Å². The van der Waals surface area contributed by atoms with E-state index in [-0.39, 0.29) is 12.2 Å². The van der Waals surface area contributed by atoms with Gasteiger partial charge in [-0.15, -0.1) is 0 Å². The lowest BCUT2D eigenvalue weighted by molar-refractivity contribution is -0.0233. The zero-order valence-corrected chi connectivity index (χ0v) is 11.0. The van der Waals surface area contributed by atoms with E-state index >= 15 is 0 Å². The summed E-state index contributed by atoms with van der Waals surface area (Å²) >= 11 is 0. The van der Waals surface area contributed by atoms with Crippen LogP contribution >= 0.6 is 0 Å². The predicted molar refractivity (Wildman–Crippen MR) is 76.0 cm³/mol. The first-order valence-corrected chi connectivity index (χ1v) is 6.68. The molecular weight excluding hydrogens is 236 g/mol. The van der Waals surface area contributed by atoms with Crippen LogP contribution in [0, 0.1) is 0 Å². The van der Waals surface area contributed by atoms with Gasteiger partial charge in [0, 0.05) is 7.11 Å². The summed E-state index contributed by atoms with van der Waals surface area (Å²) in [6.45, 7) is 0. The third-order valence-corrected chi connectivity index (χ3v) is 3.87. The van der Waals surface area contributed by atoms with Crippen molar-refractivity contribution in [3.05, 3.63) is 59.7 Å². The zero-order chi connectivity index (χ0) is 13.2. The topological polar surface area (TPSA) is 29.5 Å². The van der Waals surface area contributed by atoms with Crippen molar-refractivity contribution in [1.82, 2.24) is 0 Å². The number of aryl methyl sites for hydroxylation is 1. The Labute approximate surface area is 113 Å². The highest BCUT2D eigenvalue weighted by Gasteiger charge is 2.27. The summed E-state index contributed by atoms with van der Waals surface area (Å²) in [5.74, 6) is 0. The van der Waals surface area contributed by atoms with Crippen molar-refractivity contribution >= 4 is 0 Å². The Balaban J connectivity index is 2.01. The van der Waals surface area contributed by atoms with Gasteiger partial charge in [-0.25, -0.2) is 0 Å². The number of ether oxygens (including phenoxy) is 1. The average molecular weight is 254 g/mol. The van der Waals surface area contributed by atoms with Crippen LogP contribution in [0.2, 0.25) is 0 Å². The van der Waals surface area contributed by atoms with E-state index < -0.39 is 0 Å². The van der Waals surface area contributed by atoms with Crippen molar-refractivity contribution in [1.29, 1.82) is 0 Å². The average Bonchev–Trinajstić information content (AvgIpc) is 2.47. The van der Waals surface area contributed by atoms with Crippen LogP contribution < -0.4 is 0 Å². The van der Waals surface area contributed by atoms with Crippen molar-refractivity contribution in [3.63, 3.8) is 0 Å². The molecule has 1 N–H and O–H groups in total. The van der Waals surface area contributed by atoms with Gasteiger partial charge in [-0.3, -0.25) is 0 Å². The highest BCUT2D eigenvalue weighted by atomic mass is 16.5. The van der Waals surface area contributed by atoms with Gasteiger partial charge in [0.2, 0.25) is 0 Å². The lowest BCUT2D eigenvalue weighted by atomic mass is 9.85. The molecule has 0 heterocycles. The standard InChI is InChI=1S/C17H18O2/c1-19-17-15-9-7-13(12-5-3-2-4-6-12)11-14(15)8-10-16(17)18/h2-7,9,11,16-18H,8,10H2,1H3. The normalized spacial score (nSPS) is 22.0. The summed E-state index contributed by atoms with van der Waals surface area (Å²) in [5.41, 5.74) is 4.87. The van der Waals surface area contributed by atoms with E-state index in [2.05, 4.69) is 42.5 Å². The summed E-state index contributed by atoms with van der Waals surface area (Å²) in [6.07, 6.45) is 1.11. The Kier molecular flexibility index (Phi) is 3.36. The summed E-state index contributed by atoms with van der Waals surface area (Å²) in [5, 5.41) is 9.98. The number of rotatable bonds is 2. The number of aliphatic hydroxyl groups is 1. The Morgan fingerprint density at radius 2 is 1.84 bits per heavy atom. The number of hydrogen-bond donors (Lipinski definition) is 1. The van der Waals surface area contributed by atoms with Crippen LogP contribution in [-0.4, -0.2) is 18.3 Å². The van der Waals surface area contributed by atoms with Gasteiger partial charge >= 0.3 is 0 Å². The second-order valence-corrected chi connectivity index (χ2v) is 5.04. The molecule has 2 aromatic carbocycles. The quantitative estimate of drug-likeness (QED) is 0.890. The molecule has 1 aliphatic carbocycles. The number of aliphatic hydroxyl groups excluding tert-OH is 1. The van der Waals surface area contributed by atoms with Gasteiger partial charge in [-0.1, -0.05) is 48.5 Å². The lowest BCUT2D eigenvalue weighted by Crippen LogP contribution is -2.26. The van der Waals surface area contributed by atoms with Crippen LogP contribution in [-0.2, 0) is 11.2 Å². The summed E-state index contributed by atoms with van der Waals surface area (Å²) in [7, 11) is 1.66. The largest absolute Gasteiger partial charge is 0.390 e. The minimum atomic E-state index is -0.389. The Morgan fingerprint density at radius 3 is 2.58 bits per heavy atom. The molecule has 19 heavy (non-hydrogen) atoms. The van der Waals surface area contributed by atoms with Crippen molar-refractivity contribution < 1.29 is 9.84 Å². The first-order chi connectivity index (χ1) is 9.29. The van der Waals surface area contributed by atoms with E-state index in [9.17, 15) is 5.11 Å². The molecule has 1 aliphatic rings. The SMILES string of the molecule is COC1c2ccc(-c3ccccc3)cc2CCC1O. The summed E-state index contributed by atoms with van der Waals surface area (Å²) in [6, 6.07) is 16.8. The van der Waals surface area contributed by atoms with Gasteiger partial charge in [0.1, 0.15) is 6.10 Å². The van der Waals surface area contributed by atoms with Gasteiger partial charge in [0.15, 0.2) is 0 Å². The molecule has 0 saturated carbocycles. The first kappa shape index (κ1) is 12.4. The Morgan fingerprint density at radius 1 is 1.05 bits per heavy atom. The molecule has 2 aromatic rings. The van der Waals surface area contributed by atoms with Crippen LogP contribution in [0.5, 0.6) is 0 Å². The monoisotopic (exact) mass is 254 g/mol. The Bertz CT molecular complexity index is 563. The van der Waals surface area contributed by atoms with E-state index in [1.165, 1.54) is 16.7 Å². The molecule has 0 radical (unpaired) electrons.